The molecule has 3 N–H and O–H groups in total. The van der Waals surface area contributed by atoms with Crippen molar-refractivity contribution in [2.24, 2.45) is 0 Å². The van der Waals surface area contributed by atoms with Crippen LogP contribution in [0.3, 0.4) is 0 Å². The summed E-state index contributed by atoms with van der Waals surface area (Å²) in [5.41, 5.74) is 0.119. The van der Waals surface area contributed by atoms with Gasteiger partial charge >= 0.3 is 12.0 Å². The zero-order valence-corrected chi connectivity index (χ0v) is 12.2. The van der Waals surface area contributed by atoms with Crippen molar-refractivity contribution in [1.82, 2.24) is 4.98 Å². The SMILES string of the molecule is COc1ccc(C(=O)O)c(NC(=O)Nc2ncc(C)s2)c1. The van der Waals surface area contributed by atoms with Gasteiger partial charge in [0.15, 0.2) is 5.13 Å². The third-order valence-electron chi connectivity index (χ3n) is 2.55. The molecule has 0 radical (unpaired) electrons. The van der Waals surface area contributed by atoms with Crippen LogP contribution in [0.5, 0.6) is 5.75 Å². The van der Waals surface area contributed by atoms with Crippen LogP contribution in [0.25, 0.3) is 0 Å². The van der Waals surface area contributed by atoms with Crippen molar-refractivity contribution >= 4 is 34.2 Å². The van der Waals surface area contributed by atoms with Crippen LogP contribution in [0.2, 0.25) is 0 Å². The fourth-order valence-electron chi connectivity index (χ4n) is 1.60. The number of carbonyl (C=O) groups is 2. The Morgan fingerprint density at radius 1 is 1.33 bits per heavy atom. The standard InChI is InChI=1S/C13H13N3O4S/c1-7-6-14-13(21-7)16-12(19)15-10-5-8(20-2)3-4-9(10)11(17)18/h3-6H,1-2H3,(H,17,18)(H2,14,15,16,19). The number of anilines is 2. The van der Waals surface area contributed by atoms with Gasteiger partial charge in [0, 0.05) is 17.1 Å². The van der Waals surface area contributed by atoms with Gasteiger partial charge in [-0.2, -0.15) is 0 Å². The van der Waals surface area contributed by atoms with Gasteiger partial charge in [0.2, 0.25) is 0 Å². The second-order valence-corrected chi connectivity index (χ2v) is 5.31. The minimum Gasteiger partial charge on any atom is -0.497 e. The van der Waals surface area contributed by atoms with Crippen LogP contribution >= 0.6 is 11.3 Å². The van der Waals surface area contributed by atoms with E-state index in [1.54, 1.807) is 6.20 Å². The number of nitrogens with one attached hydrogen (secondary N) is 2. The number of aromatic nitrogens is 1. The average Bonchev–Trinajstić information content (AvgIpc) is 2.83. The lowest BCUT2D eigenvalue weighted by molar-refractivity contribution is 0.0698. The Morgan fingerprint density at radius 2 is 2.10 bits per heavy atom. The highest BCUT2D eigenvalue weighted by Gasteiger charge is 2.14. The third-order valence-corrected chi connectivity index (χ3v) is 3.38. The molecule has 2 amide bonds. The molecule has 0 aliphatic rings. The maximum atomic E-state index is 11.9. The first kappa shape index (κ1) is 14.8. The van der Waals surface area contributed by atoms with E-state index in [1.807, 2.05) is 6.92 Å². The number of benzene rings is 1. The van der Waals surface area contributed by atoms with Crippen molar-refractivity contribution < 1.29 is 19.4 Å². The summed E-state index contributed by atoms with van der Waals surface area (Å²) in [7, 11) is 1.46. The highest BCUT2D eigenvalue weighted by Crippen LogP contribution is 2.23. The number of thiazole rings is 1. The molecular formula is C13H13N3O4S. The number of nitrogens with zero attached hydrogens (tertiary/aromatic N) is 1. The van der Waals surface area contributed by atoms with Gasteiger partial charge in [-0.15, -0.1) is 11.3 Å². The number of urea groups is 1. The molecule has 0 saturated heterocycles. The molecule has 0 unspecified atom stereocenters. The summed E-state index contributed by atoms with van der Waals surface area (Å²) in [5, 5.41) is 14.6. The van der Waals surface area contributed by atoms with E-state index < -0.39 is 12.0 Å². The fourth-order valence-corrected chi connectivity index (χ4v) is 2.26. The zero-order chi connectivity index (χ0) is 15.4. The van der Waals surface area contributed by atoms with Crippen LogP contribution < -0.4 is 15.4 Å². The van der Waals surface area contributed by atoms with Crippen molar-refractivity contribution in [3.8, 4) is 5.75 Å². The van der Waals surface area contributed by atoms with E-state index in [2.05, 4.69) is 15.6 Å². The first-order valence-electron chi connectivity index (χ1n) is 5.91. The minimum atomic E-state index is -1.14. The molecule has 2 aromatic rings. The second-order valence-electron chi connectivity index (χ2n) is 4.07. The number of aromatic carboxylic acids is 1. The molecule has 0 aliphatic carbocycles. The van der Waals surface area contributed by atoms with Crippen molar-refractivity contribution in [2.75, 3.05) is 17.7 Å². The molecule has 1 aromatic carbocycles. The van der Waals surface area contributed by atoms with Crippen LogP contribution in [0, 0.1) is 6.92 Å². The molecule has 0 bridgehead atoms. The lowest BCUT2D eigenvalue weighted by Crippen LogP contribution is -2.21. The lowest BCUT2D eigenvalue weighted by atomic mass is 10.1. The molecule has 0 saturated carbocycles. The van der Waals surface area contributed by atoms with Crippen LogP contribution in [0.1, 0.15) is 15.2 Å². The Labute approximate surface area is 124 Å². The van der Waals surface area contributed by atoms with Crippen LogP contribution in [0.15, 0.2) is 24.4 Å². The highest BCUT2D eigenvalue weighted by atomic mass is 32.1. The van der Waals surface area contributed by atoms with Gasteiger partial charge in [0.1, 0.15) is 5.75 Å². The maximum Gasteiger partial charge on any atom is 0.337 e. The van der Waals surface area contributed by atoms with Crippen LogP contribution in [0.4, 0.5) is 15.6 Å². The predicted octanol–water partition coefficient (Wildman–Crippen LogP) is 2.80. The van der Waals surface area contributed by atoms with Gasteiger partial charge in [-0.05, 0) is 19.1 Å². The first-order valence-corrected chi connectivity index (χ1v) is 6.73. The maximum absolute atomic E-state index is 11.9. The topological polar surface area (TPSA) is 101 Å². The Kier molecular flexibility index (Phi) is 4.39. The Hall–Kier alpha value is -2.61. The van der Waals surface area contributed by atoms with Crippen molar-refractivity contribution in [1.29, 1.82) is 0 Å². The number of ether oxygens (including phenoxy) is 1. The summed E-state index contributed by atoms with van der Waals surface area (Å²) in [6, 6.07) is 3.75. The molecule has 1 heterocycles. The first-order chi connectivity index (χ1) is 9.99. The molecule has 0 atom stereocenters. The van der Waals surface area contributed by atoms with E-state index in [0.29, 0.717) is 10.9 Å². The molecule has 0 aliphatic heterocycles. The molecule has 2 rings (SSSR count). The fraction of sp³-hybridized carbons (Fsp3) is 0.154. The van der Waals surface area contributed by atoms with Crippen molar-refractivity contribution in [3.05, 3.63) is 34.8 Å². The molecule has 8 heteroatoms. The van der Waals surface area contributed by atoms with Crippen LogP contribution in [-0.4, -0.2) is 29.2 Å². The Balaban J connectivity index is 2.17. The largest absolute Gasteiger partial charge is 0.497 e. The van der Waals surface area contributed by atoms with E-state index >= 15 is 0 Å². The van der Waals surface area contributed by atoms with E-state index in [4.69, 9.17) is 9.84 Å². The van der Waals surface area contributed by atoms with E-state index in [0.717, 1.165) is 4.88 Å². The molecule has 110 valence electrons. The van der Waals surface area contributed by atoms with Gasteiger partial charge < -0.3 is 15.2 Å². The number of carbonyl (C=O) groups excluding carboxylic acids is 1. The number of carboxylic acid groups (broad SMARTS) is 1. The summed E-state index contributed by atoms with van der Waals surface area (Å²) in [4.78, 5) is 28.0. The smallest absolute Gasteiger partial charge is 0.337 e. The van der Waals surface area contributed by atoms with E-state index in [9.17, 15) is 9.59 Å². The number of amides is 2. The summed E-state index contributed by atoms with van der Waals surface area (Å²) < 4.78 is 5.02. The molecule has 21 heavy (non-hydrogen) atoms. The normalized spacial score (nSPS) is 10.0. The summed E-state index contributed by atoms with van der Waals surface area (Å²) in [5.74, 6) is -0.696. The monoisotopic (exact) mass is 307 g/mol. The number of aryl methyl sites for hydroxylation is 1. The molecule has 0 spiro atoms. The predicted molar refractivity (Wildman–Crippen MR) is 79.4 cm³/mol. The Bertz CT molecular complexity index is 684. The molecular weight excluding hydrogens is 294 g/mol. The number of hydrogen-bond donors (Lipinski definition) is 3. The molecule has 7 nitrogen and oxygen atoms in total. The van der Waals surface area contributed by atoms with Crippen LogP contribution in [-0.2, 0) is 0 Å². The third kappa shape index (κ3) is 3.69. The summed E-state index contributed by atoms with van der Waals surface area (Å²) >= 11 is 1.32. The molecule has 0 fully saturated rings. The van der Waals surface area contributed by atoms with Gasteiger partial charge in [-0.25, -0.2) is 14.6 Å². The second kappa shape index (κ2) is 6.23. The number of carboxylic acids is 1. The van der Waals surface area contributed by atoms with E-state index in [-0.39, 0.29) is 11.3 Å². The number of methoxy groups -OCH3 is 1. The average molecular weight is 307 g/mol. The lowest BCUT2D eigenvalue weighted by Gasteiger charge is -2.10. The Morgan fingerprint density at radius 3 is 2.67 bits per heavy atom. The van der Waals surface area contributed by atoms with Crippen molar-refractivity contribution in [3.63, 3.8) is 0 Å². The quantitative estimate of drug-likeness (QED) is 0.806. The van der Waals surface area contributed by atoms with Gasteiger partial charge in [-0.1, -0.05) is 0 Å². The van der Waals surface area contributed by atoms with Gasteiger partial charge in [0.25, 0.3) is 0 Å². The summed E-state index contributed by atoms with van der Waals surface area (Å²) in [6.45, 7) is 1.87. The van der Waals surface area contributed by atoms with Crippen molar-refractivity contribution in [2.45, 2.75) is 6.92 Å². The number of hydrogen-bond acceptors (Lipinski definition) is 5. The minimum absolute atomic E-state index is 0.0266. The van der Waals surface area contributed by atoms with E-state index in [1.165, 1.54) is 36.6 Å². The highest BCUT2D eigenvalue weighted by molar-refractivity contribution is 7.15. The van der Waals surface area contributed by atoms with Gasteiger partial charge in [-0.3, -0.25) is 5.32 Å². The summed E-state index contributed by atoms with van der Waals surface area (Å²) in [6.07, 6.45) is 1.63. The molecule has 1 aromatic heterocycles. The zero-order valence-electron chi connectivity index (χ0n) is 11.3. The van der Waals surface area contributed by atoms with Gasteiger partial charge in [0.05, 0.1) is 18.4 Å². The number of rotatable bonds is 4.